The highest BCUT2D eigenvalue weighted by Gasteiger charge is 2.14. The van der Waals surface area contributed by atoms with Gasteiger partial charge >= 0.3 is 0 Å². The van der Waals surface area contributed by atoms with Gasteiger partial charge in [-0.25, -0.2) is 0 Å². The number of nitrogens with one attached hydrogen (secondary N) is 1. The third kappa shape index (κ3) is 5.21. The van der Waals surface area contributed by atoms with Crippen molar-refractivity contribution in [2.45, 2.75) is 39.2 Å². The Labute approximate surface area is 150 Å². The van der Waals surface area contributed by atoms with Crippen LogP contribution in [0.4, 0.5) is 0 Å². The van der Waals surface area contributed by atoms with E-state index in [9.17, 15) is 4.79 Å². The minimum absolute atomic E-state index is 0.0520. The van der Waals surface area contributed by atoms with Crippen molar-refractivity contribution < 1.29 is 9.53 Å². The lowest BCUT2D eigenvalue weighted by atomic mass is 9.86. The molecule has 0 aliphatic carbocycles. The number of rotatable bonds is 5. The quantitative estimate of drug-likeness (QED) is 0.789. The molecule has 0 heterocycles. The maximum Gasteiger partial charge on any atom is 0.244 e. The summed E-state index contributed by atoms with van der Waals surface area (Å²) in [5.74, 6) is 0.621. The second-order valence-electron chi connectivity index (χ2n) is 7.18. The Kier molecular flexibility index (Phi) is 6.02. The van der Waals surface area contributed by atoms with Gasteiger partial charge in [-0.05, 0) is 35.6 Å². The van der Waals surface area contributed by atoms with E-state index in [-0.39, 0.29) is 17.4 Å². The third-order valence-electron chi connectivity index (χ3n) is 4.19. The van der Waals surface area contributed by atoms with Gasteiger partial charge in [0.05, 0.1) is 13.2 Å². The lowest BCUT2D eigenvalue weighted by Crippen LogP contribution is -2.24. The third-order valence-corrected chi connectivity index (χ3v) is 4.19. The summed E-state index contributed by atoms with van der Waals surface area (Å²) in [6.07, 6.45) is 3.31. The molecular formula is C22H27NO2. The Morgan fingerprint density at radius 3 is 2.32 bits per heavy atom. The van der Waals surface area contributed by atoms with E-state index in [0.29, 0.717) is 0 Å². The molecule has 0 unspecified atom stereocenters. The van der Waals surface area contributed by atoms with Gasteiger partial charge in [-0.2, -0.15) is 0 Å². The predicted octanol–water partition coefficient (Wildman–Crippen LogP) is 4.88. The Morgan fingerprint density at radius 1 is 1.08 bits per heavy atom. The van der Waals surface area contributed by atoms with Gasteiger partial charge < -0.3 is 10.1 Å². The van der Waals surface area contributed by atoms with E-state index in [1.54, 1.807) is 13.2 Å². The first-order valence-corrected chi connectivity index (χ1v) is 8.53. The average Bonchev–Trinajstić information content (AvgIpc) is 2.59. The first-order chi connectivity index (χ1) is 11.8. The number of carbonyl (C=O) groups is 1. The van der Waals surface area contributed by atoms with Crippen LogP contribution < -0.4 is 10.1 Å². The summed E-state index contributed by atoms with van der Waals surface area (Å²) in [4.78, 5) is 12.2. The molecule has 0 spiro atoms. The van der Waals surface area contributed by atoms with E-state index in [2.05, 4.69) is 50.4 Å². The van der Waals surface area contributed by atoms with E-state index < -0.39 is 0 Å². The van der Waals surface area contributed by atoms with Crippen molar-refractivity contribution >= 4 is 12.0 Å². The second kappa shape index (κ2) is 8.02. The molecule has 3 heteroatoms. The number of benzene rings is 2. The molecule has 0 aromatic heterocycles. The number of methoxy groups -OCH3 is 1. The van der Waals surface area contributed by atoms with Gasteiger partial charge in [-0.15, -0.1) is 0 Å². The molecule has 2 aromatic carbocycles. The summed E-state index contributed by atoms with van der Waals surface area (Å²) >= 11 is 0. The highest BCUT2D eigenvalue weighted by atomic mass is 16.5. The Balaban J connectivity index is 2.01. The van der Waals surface area contributed by atoms with E-state index in [1.807, 2.05) is 31.2 Å². The summed E-state index contributed by atoms with van der Waals surface area (Å²) in [6.45, 7) is 8.56. The van der Waals surface area contributed by atoms with Crippen molar-refractivity contribution in [2.75, 3.05) is 7.11 Å². The highest BCUT2D eigenvalue weighted by Crippen LogP contribution is 2.24. The Morgan fingerprint density at radius 2 is 1.72 bits per heavy atom. The maximum absolute atomic E-state index is 12.2. The van der Waals surface area contributed by atoms with E-state index in [4.69, 9.17) is 4.74 Å². The first-order valence-electron chi connectivity index (χ1n) is 8.53. The molecule has 2 rings (SSSR count). The summed E-state index contributed by atoms with van der Waals surface area (Å²) in [6, 6.07) is 16.0. The van der Waals surface area contributed by atoms with Crippen molar-refractivity contribution in [1.29, 1.82) is 0 Å². The lowest BCUT2D eigenvalue weighted by molar-refractivity contribution is -0.117. The van der Waals surface area contributed by atoms with Gasteiger partial charge in [0.1, 0.15) is 5.75 Å². The molecule has 25 heavy (non-hydrogen) atoms. The van der Waals surface area contributed by atoms with Crippen LogP contribution in [0.3, 0.4) is 0 Å². The second-order valence-corrected chi connectivity index (χ2v) is 7.18. The molecule has 2 aromatic rings. The molecule has 132 valence electrons. The predicted molar refractivity (Wildman–Crippen MR) is 104 cm³/mol. The zero-order valence-corrected chi connectivity index (χ0v) is 15.7. The number of para-hydroxylation sites is 1. The topological polar surface area (TPSA) is 38.3 Å². The van der Waals surface area contributed by atoms with E-state index >= 15 is 0 Å². The molecule has 0 saturated carbocycles. The van der Waals surface area contributed by atoms with Crippen molar-refractivity contribution in [3.8, 4) is 5.75 Å². The fraction of sp³-hybridized carbons (Fsp3) is 0.318. The molecule has 0 aliphatic rings. The molecule has 1 amide bonds. The monoisotopic (exact) mass is 337 g/mol. The molecule has 0 saturated heterocycles. The van der Waals surface area contributed by atoms with Crippen LogP contribution in [-0.2, 0) is 10.2 Å². The first kappa shape index (κ1) is 18.8. The van der Waals surface area contributed by atoms with E-state index in [1.165, 1.54) is 11.6 Å². The summed E-state index contributed by atoms with van der Waals surface area (Å²) in [7, 11) is 1.62. The number of hydrogen-bond acceptors (Lipinski definition) is 2. The zero-order valence-electron chi connectivity index (χ0n) is 15.7. The normalized spacial score (nSPS) is 12.8. The fourth-order valence-corrected chi connectivity index (χ4v) is 2.59. The summed E-state index contributed by atoms with van der Waals surface area (Å²) < 4.78 is 5.28. The molecule has 0 radical (unpaired) electrons. The lowest BCUT2D eigenvalue weighted by Gasteiger charge is -2.20. The molecule has 1 N–H and O–H groups in total. The number of amides is 1. The summed E-state index contributed by atoms with van der Waals surface area (Å²) in [5, 5.41) is 3.00. The van der Waals surface area contributed by atoms with Crippen LogP contribution in [0, 0.1) is 0 Å². The van der Waals surface area contributed by atoms with Gasteiger partial charge in [-0.3, -0.25) is 4.79 Å². The molecular weight excluding hydrogens is 310 g/mol. The maximum atomic E-state index is 12.2. The Bertz CT molecular complexity index is 739. The van der Waals surface area contributed by atoms with Crippen LogP contribution in [0.25, 0.3) is 6.08 Å². The van der Waals surface area contributed by atoms with Crippen LogP contribution in [0.5, 0.6) is 5.75 Å². The molecule has 0 bridgehead atoms. The van der Waals surface area contributed by atoms with Crippen molar-refractivity contribution in [3.63, 3.8) is 0 Å². The average molecular weight is 337 g/mol. The Hall–Kier alpha value is -2.55. The van der Waals surface area contributed by atoms with Gasteiger partial charge in [0, 0.05) is 11.6 Å². The van der Waals surface area contributed by atoms with Crippen molar-refractivity contribution in [3.05, 3.63) is 71.3 Å². The number of carbonyl (C=O) groups excluding carboxylic acids is 1. The highest BCUT2D eigenvalue weighted by molar-refractivity contribution is 5.92. The molecule has 0 aliphatic heterocycles. The number of ether oxygens (including phenoxy) is 1. The zero-order chi connectivity index (χ0) is 18.4. The SMILES string of the molecule is COc1ccccc1/C=C/C(=O)N[C@H](C)c1ccc(C(C)(C)C)cc1. The molecule has 1 atom stereocenters. The minimum Gasteiger partial charge on any atom is -0.496 e. The number of hydrogen-bond donors (Lipinski definition) is 1. The smallest absolute Gasteiger partial charge is 0.244 e. The van der Waals surface area contributed by atoms with Gasteiger partial charge in [-0.1, -0.05) is 63.2 Å². The van der Waals surface area contributed by atoms with Crippen molar-refractivity contribution in [1.82, 2.24) is 5.32 Å². The fourth-order valence-electron chi connectivity index (χ4n) is 2.59. The van der Waals surface area contributed by atoms with Crippen LogP contribution in [0.15, 0.2) is 54.6 Å². The van der Waals surface area contributed by atoms with Crippen LogP contribution in [-0.4, -0.2) is 13.0 Å². The summed E-state index contributed by atoms with van der Waals surface area (Å²) in [5.41, 5.74) is 3.38. The minimum atomic E-state index is -0.127. The largest absolute Gasteiger partial charge is 0.496 e. The van der Waals surface area contributed by atoms with Gasteiger partial charge in [0.25, 0.3) is 0 Å². The van der Waals surface area contributed by atoms with Crippen LogP contribution in [0.1, 0.15) is 50.4 Å². The molecule has 3 nitrogen and oxygen atoms in total. The molecule has 0 fully saturated rings. The van der Waals surface area contributed by atoms with E-state index in [0.717, 1.165) is 16.9 Å². The van der Waals surface area contributed by atoms with Gasteiger partial charge in [0.15, 0.2) is 0 Å². The van der Waals surface area contributed by atoms with Gasteiger partial charge in [0.2, 0.25) is 5.91 Å². The van der Waals surface area contributed by atoms with Crippen LogP contribution >= 0.6 is 0 Å². The standard InChI is InChI=1S/C22H27NO2/c1-16(17-10-13-19(14-11-17)22(2,3)4)23-21(24)15-12-18-8-6-7-9-20(18)25-5/h6-16H,1-5H3,(H,23,24)/b15-12+/t16-/m1/s1. The van der Waals surface area contributed by atoms with Crippen molar-refractivity contribution in [2.24, 2.45) is 0 Å². The van der Waals surface area contributed by atoms with Crippen LogP contribution in [0.2, 0.25) is 0 Å².